The van der Waals surface area contributed by atoms with Gasteiger partial charge in [0.2, 0.25) is 10.0 Å². The number of hydrogen-bond acceptors (Lipinski definition) is 3. The second-order valence-corrected chi connectivity index (χ2v) is 6.42. The Morgan fingerprint density at radius 2 is 2.05 bits per heavy atom. The average Bonchev–Trinajstić information content (AvgIpc) is 2.82. The van der Waals surface area contributed by atoms with Gasteiger partial charge >= 0.3 is 5.97 Å². The molecular weight excluding hydrogens is 266 g/mol. The van der Waals surface area contributed by atoms with Crippen molar-refractivity contribution in [3.05, 3.63) is 29.3 Å². The van der Waals surface area contributed by atoms with Crippen molar-refractivity contribution < 1.29 is 18.3 Å². The first kappa shape index (κ1) is 14.0. The molecule has 5 nitrogen and oxygen atoms in total. The van der Waals surface area contributed by atoms with Gasteiger partial charge in [-0.15, -0.1) is 0 Å². The van der Waals surface area contributed by atoms with E-state index in [0.717, 1.165) is 24.8 Å². The second-order valence-electron chi connectivity index (χ2n) is 4.70. The van der Waals surface area contributed by atoms with Crippen molar-refractivity contribution in [2.45, 2.75) is 43.5 Å². The zero-order valence-corrected chi connectivity index (χ0v) is 11.5. The number of carboxylic acid groups (broad SMARTS) is 1. The summed E-state index contributed by atoms with van der Waals surface area (Å²) in [5.41, 5.74) is 2.23. The monoisotopic (exact) mass is 283 g/mol. The highest BCUT2D eigenvalue weighted by molar-refractivity contribution is 7.89. The zero-order chi connectivity index (χ0) is 14.0. The first-order valence-electron chi connectivity index (χ1n) is 6.31. The van der Waals surface area contributed by atoms with Gasteiger partial charge in [-0.1, -0.05) is 13.0 Å². The van der Waals surface area contributed by atoms with Crippen LogP contribution in [0.2, 0.25) is 0 Å². The number of fused-ring (bicyclic) bond motifs is 1. The van der Waals surface area contributed by atoms with E-state index in [2.05, 4.69) is 4.72 Å². The largest absolute Gasteiger partial charge is 0.480 e. The van der Waals surface area contributed by atoms with Crippen LogP contribution in [0, 0.1) is 0 Å². The molecule has 0 heterocycles. The molecule has 104 valence electrons. The van der Waals surface area contributed by atoms with E-state index in [4.69, 9.17) is 5.11 Å². The number of rotatable bonds is 5. The Balaban J connectivity index is 2.27. The summed E-state index contributed by atoms with van der Waals surface area (Å²) in [6.07, 6.45) is 3.11. The zero-order valence-electron chi connectivity index (χ0n) is 10.7. The molecule has 2 N–H and O–H groups in total. The number of carbonyl (C=O) groups is 1. The highest BCUT2D eigenvalue weighted by Gasteiger charge is 2.24. The molecule has 0 spiro atoms. The summed E-state index contributed by atoms with van der Waals surface area (Å²) in [5, 5.41) is 8.91. The van der Waals surface area contributed by atoms with Gasteiger partial charge in [-0.05, 0) is 48.9 Å². The van der Waals surface area contributed by atoms with E-state index in [-0.39, 0.29) is 11.3 Å². The summed E-state index contributed by atoms with van der Waals surface area (Å²) in [6, 6.07) is 3.93. The van der Waals surface area contributed by atoms with Crippen molar-refractivity contribution in [2.75, 3.05) is 0 Å². The van der Waals surface area contributed by atoms with Crippen LogP contribution >= 0.6 is 0 Å². The Bertz CT molecular complexity index is 595. The van der Waals surface area contributed by atoms with Gasteiger partial charge in [-0.25, -0.2) is 8.42 Å². The van der Waals surface area contributed by atoms with Gasteiger partial charge in [0.15, 0.2) is 0 Å². The average molecular weight is 283 g/mol. The summed E-state index contributed by atoms with van der Waals surface area (Å²) in [6.45, 7) is 1.63. The van der Waals surface area contributed by atoms with Crippen molar-refractivity contribution in [1.82, 2.24) is 4.72 Å². The highest BCUT2D eigenvalue weighted by atomic mass is 32.2. The Morgan fingerprint density at radius 1 is 1.37 bits per heavy atom. The third kappa shape index (κ3) is 2.96. The summed E-state index contributed by atoms with van der Waals surface area (Å²) in [5.74, 6) is -1.16. The molecule has 0 amide bonds. The minimum Gasteiger partial charge on any atom is -0.480 e. The Morgan fingerprint density at radius 3 is 2.68 bits per heavy atom. The number of aliphatic carboxylic acids is 1. The maximum absolute atomic E-state index is 12.1. The molecule has 0 saturated heterocycles. The lowest BCUT2D eigenvalue weighted by Crippen LogP contribution is -2.40. The quantitative estimate of drug-likeness (QED) is 0.853. The van der Waals surface area contributed by atoms with Crippen LogP contribution in [0.25, 0.3) is 0 Å². The number of benzene rings is 1. The molecular formula is C13H17NO4S. The predicted octanol–water partition coefficient (Wildman–Crippen LogP) is 1.32. The first-order chi connectivity index (χ1) is 8.94. The fourth-order valence-corrected chi connectivity index (χ4v) is 3.60. The molecule has 1 aliphatic rings. The van der Waals surface area contributed by atoms with Gasteiger partial charge in [0.25, 0.3) is 0 Å². The summed E-state index contributed by atoms with van der Waals surface area (Å²) in [7, 11) is -3.77. The van der Waals surface area contributed by atoms with Gasteiger partial charge in [0.1, 0.15) is 6.04 Å². The van der Waals surface area contributed by atoms with Gasteiger partial charge in [0, 0.05) is 0 Å². The third-order valence-corrected chi connectivity index (χ3v) is 4.85. The number of nitrogens with one attached hydrogen (secondary N) is 1. The topological polar surface area (TPSA) is 83.5 Å². The van der Waals surface area contributed by atoms with Crippen LogP contribution < -0.4 is 4.72 Å². The van der Waals surface area contributed by atoms with Crippen molar-refractivity contribution in [3.63, 3.8) is 0 Å². The van der Waals surface area contributed by atoms with Crippen LogP contribution in [0.3, 0.4) is 0 Å². The molecule has 6 heteroatoms. The highest BCUT2D eigenvalue weighted by Crippen LogP contribution is 2.24. The van der Waals surface area contributed by atoms with E-state index in [1.807, 2.05) is 6.07 Å². The van der Waals surface area contributed by atoms with Crippen LogP contribution in [0.1, 0.15) is 30.9 Å². The third-order valence-electron chi connectivity index (χ3n) is 3.38. The summed E-state index contributed by atoms with van der Waals surface area (Å²) in [4.78, 5) is 11.0. The van der Waals surface area contributed by atoms with Gasteiger partial charge < -0.3 is 5.11 Å². The minimum absolute atomic E-state index is 0.146. The molecule has 1 aromatic carbocycles. The Kier molecular flexibility index (Phi) is 3.91. The summed E-state index contributed by atoms with van der Waals surface area (Å²) >= 11 is 0. The number of carboxylic acids is 1. The number of hydrogen-bond donors (Lipinski definition) is 2. The standard InChI is InChI=1S/C13H17NO4S/c1-2-12(13(15)16)14-19(17,18)11-7-6-9-4-3-5-10(9)8-11/h6-8,12,14H,2-5H2,1H3,(H,15,16)/t12-/m1/s1. The molecule has 0 fully saturated rings. The van der Waals surface area contributed by atoms with E-state index in [1.54, 1.807) is 19.1 Å². The Hall–Kier alpha value is -1.40. The van der Waals surface area contributed by atoms with Crippen LogP contribution in [-0.4, -0.2) is 25.5 Å². The van der Waals surface area contributed by atoms with Crippen molar-refractivity contribution >= 4 is 16.0 Å². The van der Waals surface area contributed by atoms with Crippen molar-refractivity contribution in [1.29, 1.82) is 0 Å². The lowest BCUT2D eigenvalue weighted by molar-refractivity contribution is -0.139. The lowest BCUT2D eigenvalue weighted by atomic mass is 10.1. The van der Waals surface area contributed by atoms with Crippen LogP contribution in [-0.2, 0) is 27.7 Å². The molecule has 0 radical (unpaired) electrons. The first-order valence-corrected chi connectivity index (χ1v) is 7.79. The normalized spacial score (nSPS) is 16.1. The fourth-order valence-electron chi connectivity index (χ4n) is 2.28. The van der Waals surface area contributed by atoms with Crippen molar-refractivity contribution in [2.24, 2.45) is 0 Å². The van der Waals surface area contributed by atoms with Gasteiger partial charge in [-0.3, -0.25) is 4.79 Å². The SMILES string of the molecule is CC[C@@H](NS(=O)(=O)c1ccc2c(c1)CCC2)C(=O)O. The minimum atomic E-state index is -3.77. The van der Waals surface area contributed by atoms with Crippen LogP contribution in [0.4, 0.5) is 0 Å². The molecule has 0 bridgehead atoms. The van der Waals surface area contributed by atoms with E-state index >= 15 is 0 Å². The summed E-state index contributed by atoms with van der Waals surface area (Å²) < 4.78 is 26.5. The van der Waals surface area contributed by atoms with E-state index in [9.17, 15) is 13.2 Å². The maximum Gasteiger partial charge on any atom is 0.321 e. The predicted molar refractivity (Wildman–Crippen MR) is 70.5 cm³/mol. The lowest BCUT2D eigenvalue weighted by Gasteiger charge is -2.13. The smallest absolute Gasteiger partial charge is 0.321 e. The van der Waals surface area contributed by atoms with Crippen LogP contribution in [0.5, 0.6) is 0 Å². The molecule has 0 saturated carbocycles. The van der Waals surface area contributed by atoms with Gasteiger partial charge in [0.05, 0.1) is 4.90 Å². The molecule has 0 unspecified atom stereocenters. The van der Waals surface area contributed by atoms with Crippen molar-refractivity contribution in [3.8, 4) is 0 Å². The molecule has 1 aromatic rings. The number of aryl methyl sites for hydroxylation is 2. The van der Waals surface area contributed by atoms with E-state index < -0.39 is 22.0 Å². The molecule has 0 aliphatic heterocycles. The molecule has 19 heavy (non-hydrogen) atoms. The molecule has 2 rings (SSSR count). The molecule has 1 atom stereocenters. The molecule has 0 aromatic heterocycles. The molecule has 1 aliphatic carbocycles. The fraction of sp³-hybridized carbons (Fsp3) is 0.462. The van der Waals surface area contributed by atoms with Gasteiger partial charge in [-0.2, -0.15) is 4.72 Å². The maximum atomic E-state index is 12.1. The van der Waals surface area contributed by atoms with E-state index in [0.29, 0.717) is 0 Å². The van der Waals surface area contributed by atoms with Crippen LogP contribution in [0.15, 0.2) is 23.1 Å². The Labute approximate surface area is 112 Å². The number of sulfonamides is 1. The van der Waals surface area contributed by atoms with E-state index in [1.165, 1.54) is 5.56 Å². The second kappa shape index (κ2) is 5.30.